The molecule has 134 valence electrons. The van der Waals surface area contributed by atoms with E-state index >= 15 is 0 Å². The molecule has 0 bridgehead atoms. The van der Waals surface area contributed by atoms with E-state index in [4.69, 9.17) is 10.00 Å². The highest BCUT2D eigenvalue weighted by atomic mass is 16.5. The van der Waals surface area contributed by atoms with Gasteiger partial charge in [0.25, 0.3) is 5.88 Å². The van der Waals surface area contributed by atoms with Gasteiger partial charge in [-0.2, -0.15) is 5.26 Å². The number of carbonyl (C=O) groups is 1. The Balaban J connectivity index is 1.43. The summed E-state index contributed by atoms with van der Waals surface area (Å²) in [7, 11) is 0. The van der Waals surface area contributed by atoms with Crippen LogP contribution in [-0.4, -0.2) is 40.0 Å². The van der Waals surface area contributed by atoms with Crippen molar-refractivity contribution in [1.82, 2.24) is 14.9 Å². The molecular weight excluding hydrogens is 340 g/mol. The van der Waals surface area contributed by atoms with Gasteiger partial charge in [0, 0.05) is 25.4 Å². The summed E-state index contributed by atoms with van der Waals surface area (Å²) in [5.41, 5.74) is 1.20. The SMILES string of the molecule is N#Cc1nccnc1OC1CCN(C(=O)Cc2cccc3ccccc23)C1. The van der Waals surface area contributed by atoms with Crippen molar-refractivity contribution in [2.24, 2.45) is 0 Å². The predicted molar refractivity (Wildman–Crippen MR) is 100 cm³/mol. The van der Waals surface area contributed by atoms with Gasteiger partial charge in [-0.05, 0) is 16.3 Å². The van der Waals surface area contributed by atoms with Crippen LogP contribution in [0.25, 0.3) is 10.8 Å². The molecule has 0 spiro atoms. The molecule has 2 heterocycles. The number of ether oxygens (including phenoxy) is 1. The number of benzene rings is 2. The largest absolute Gasteiger partial charge is 0.470 e. The maximum absolute atomic E-state index is 12.8. The number of carbonyl (C=O) groups excluding carboxylic acids is 1. The third-order valence-corrected chi connectivity index (χ3v) is 4.77. The van der Waals surface area contributed by atoms with Gasteiger partial charge in [0.15, 0.2) is 0 Å². The molecule has 4 rings (SSSR count). The average Bonchev–Trinajstić information content (AvgIpc) is 3.17. The van der Waals surface area contributed by atoms with Crippen molar-refractivity contribution in [3.05, 3.63) is 66.1 Å². The monoisotopic (exact) mass is 358 g/mol. The number of nitriles is 1. The Labute approximate surface area is 157 Å². The van der Waals surface area contributed by atoms with E-state index in [1.165, 1.54) is 12.4 Å². The second kappa shape index (κ2) is 7.42. The molecule has 0 aliphatic carbocycles. The normalized spacial score (nSPS) is 16.3. The topological polar surface area (TPSA) is 79.1 Å². The van der Waals surface area contributed by atoms with Gasteiger partial charge in [-0.3, -0.25) is 4.79 Å². The molecule has 1 aliphatic heterocycles. The fourth-order valence-electron chi connectivity index (χ4n) is 3.42. The maximum atomic E-state index is 12.8. The third kappa shape index (κ3) is 3.58. The van der Waals surface area contributed by atoms with E-state index in [9.17, 15) is 4.79 Å². The van der Waals surface area contributed by atoms with Gasteiger partial charge in [0.2, 0.25) is 11.6 Å². The van der Waals surface area contributed by atoms with Crippen molar-refractivity contribution in [1.29, 1.82) is 5.26 Å². The minimum Gasteiger partial charge on any atom is -0.470 e. The van der Waals surface area contributed by atoms with Crippen LogP contribution >= 0.6 is 0 Å². The molecule has 1 fully saturated rings. The number of likely N-dealkylation sites (tertiary alicyclic amines) is 1. The molecule has 6 nitrogen and oxygen atoms in total. The summed E-state index contributed by atoms with van der Waals surface area (Å²) in [6.07, 6.45) is 3.85. The molecule has 1 atom stereocenters. The van der Waals surface area contributed by atoms with Crippen LogP contribution in [0.2, 0.25) is 0 Å². The lowest BCUT2D eigenvalue weighted by Gasteiger charge is -2.17. The van der Waals surface area contributed by atoms with E-state index in [2.05, 4.69) is 22.1 Å². The molecule has 6 heteroatoms. The predicted octanol–water partition coefficient (Wildman–Crippen LogP) is 2.72. The van der Waals surface area contributed by atoms with Crippen LogP contribution in [0.15, 0.2) is 54.9 Å². The Hall–Kier alpha value is -3.46. The van der Waals surface area contributed by atoms with Gasteiger partial charge in [-0.1, -0.05) is 42.5 Å². The van der Waals surface area contributed by atoms with Crippen molar-refractivity contribution in [2.45, 2.75) is 18.9 Å². The summed E-state index contributed by atoms with van der Waals surface area (Å²) in [6, 6.07) is 16.1. The quantitative estimate of drug-likeness (QED) is 0.716. The highest BCUT2D eigenvalue weighted by Gasteiger charge is 2.28. The number of fused-ring (bicyclic) bond motifs is 1. The Morgan fingerprint density at radius 3 is 2.89 bits per heavy atom. The maximum Gasteiger partial charge on any atom is 0.251 e. The number of hydrogen-bond donors (Lipinski definition) is 0. The van der Waals surface area contributed by atoms with Crippen LogP contribution in [0.4, 0.5) is 0 Å². The third-order valence-electron chi connectivity index (χ3n) is 4.77. The van der Waals surface area contributed by atoms with E-state index in [-0.39, 0.29) is 23.6 Å². The number of amides is 1. The summed E-state index contributed by atoms with van der Waals surface area (Å²) in [5, 5.41) is 11.3. The zero-order valence-electron chi connectivity index (χ0n) is 14.7. The van der Waals surface area contributed by atoms with Crippen molar-refractivity contribution in [3.63, 3.8) is 0 Å². The fourth-order valence-corrected chi connectivity index (χ4v) is 3.42. The minimum absolute atomic E-state index is 0.0807. The first kappa shape index (κ1) is 17.0. The van der Waals surface area contributed by atoms with Crippen LogP contribution in [0.1, 0.15) is 17.7 Å². The zero-order valence-corrected chi connectivity index (χ0v) is 14.7. The summed E-state index contributed by atoms with van der Waals surface area (Å²) >= 11 is 0. The summed E-state index contributed by atoms with van der Waals surface area (Å²) in [4.78, 5) is 22.6. The molecule has 2 aromatic carbocycles. The van der Waals surface area contributed by atoms with E-state index < -0.39 is 0 Å². The van der Waals surface area contributed by atoms with Gasteiger partial charge < -0.3 is 9.64 Å². The van der Waals surface area contributed by atoms with E-state index in [1.54, 1.807) is 0 Å². The zero-order chi connectivity index (χ0) is 18.6. The highest BCUT2D eigenvalue weighted by Crippen LogP contribution is 2.22. The molecule has 0 N–H and O–H groups in total. The first-order chi connectivity index (χ1) is 13.2. The number of rotatable bonds is 4. The van der Waals surface area contributed by atoms with Gasteiger partial charge in [-0.15, -0.1) is 0 Å². The molecular formula is C21H18N4O2. The molecule has 1 aromatic heterocycles. The van der Waals surface area contributed by atoms with Gasteiger partial charge in [0.05, 0.1) is 13.0 Å². The van der Waals surface area contributed by atoms with E-state index in [0.717, 1.165) is 16.3 Å². The molecule has 3 aromatic rings. The van der Waals surface area contributed by atoms with Crippen molar-refractivity contribution < 1.29 is 9.53 Å². The molecule has 27 heavy (non-hydrogen) atoms. The molecule has 1 unspecified atom stereocenters. The fraction of sp³-hybridized carbons (Fsp3) is 0.238. The van der Waals surface area contributed by atoms with Crippen molar-refractivity contribution in [3.8, 4) is 11.9 Å². The summed E-state index contributed by atoms with van der Waals surface area (Å²) in [6.45, 7) is 1.13. The Kier molecular flexibility index (Phi) is 4.67. The van der Waals surface area contributed by atoms with Crippen molar-refractivity contribution in [2.75, 3.05) is 13.1 Å². The second-order valence-electron chi connectivity index (χ2n) is 6.51. The Bertz CT molecular complexity index is 1020. The molecule has 1 amide bonds. The lowest BCUT2D eigenvalue weighted by Crippen LogP contribution is -2.32. The molecule has 0 radical (unpaired) electrons. The number of nitrogens with zero attached hydrogens (tertiary/aromatic N) is 4. The average molecular weight is 358 g/mol. The molecule has 1 saturated heterocycles. The highest BCUT2D eigenvalue weighted by molar-refractivity contribution is 5.90. The van der Waals surface area contributed by atoms with Gasteiger partial charge >= 0.3 is 0 Å². The first-order valence-corrected chi connectivity index (χ1v) is 8.87. The number of aromatic nitrogens is 2. The smallest absolute Gasteiger partial charge is 0.251 e. The van der Waals surface area contributed by atoms with Gasteiger partial charge in [-0.25, -0.2) is 9.97 Å². The summed E-state index contributed by atoms with van der Waals surface area (Å²) < 4.78 is 5.81. The summed E-state index contributed by atoms with van der Waals surface area (Å²) in [5.74, 6) is 0.311. The molecule has 0 saturated carbocycles. The Morgan fingerprint density at radius 1 is 1.19 bits per heavy atom. The van der Waals surface area contributed by atoms with E-state index in [1.807, 2.05) is 41.3 Å². The van der Waals surface area contributed by atoms with Crippen molar-refractivity contribution >= 4 is 16.7 Å². The van der Waals surface area contributed by atoms with E-state index in [0.29, 0.717) is 25.9 Å². The minimum atomic E-state index is -0.176. The lowest BCUT2D eigenvalue weighted by atomic mass is 10.0. The standard InChI is InChI=1S/C21H18N4O2/c22-13-19-21(24-10-9-23-19)27-17-8-11-25(14-17)20(26)12-16-6-3-5-15-4-1-2-7-18(15)16/h1-7,9-10,17H,8,11-12,14H2. The number of hydrogen-bond acceptors (Lipinski definition) is 5. The van der Waals surface area contributed by atoms with Crippen LogP contribution in [0.3, 0.4) is 0 Å². The lowest BCUT2D eigenvalue weighted by molar-refractivity contribution is -0.129. The van der Waals surface area contributed by atoms with Gasteiger partial charge in [0.1, 0.15) is 12.2 Å². The van der Waals surface area contributed by atoms with Crippen LogP contribution < -0.4 is 4.74 Å². The Morgan fingerprint density at radius 2 is 2.00 bits per heavy atom. The second-order valence-corrected chi connectivity index (χ2v) is 6.51. The van der Waals surface area contributed by atoms with Crippen LogP contribution in [-0.2, 0) is 11.2 Å². The molecule has 1 aliphatic rings. The van der Waals surface area contributed by atoms with Crippen LogP contribution in [0, 0.1) is 11.3 Å². The van der Waals surface area contributed by atoms with Crippen LogP contribution in [0.5, 0.6) is 5.88 Å². The first-order valence-electron chi connectivity index (χ1n) is 8.87.